The number of carbonyl (C=O) groups is 1. The van der Waals surface area contributed by atoms with Crippen LogP contribution in [0.3, 0.4) is 0 Å². The Bertz CT molecular complexity index is 1000. The SMILES string of the molecule is Cc1nc(N2CCC3(CC2)COC[C@H]3N)c(CO)nc1-c1cccc2c1NC(=O)C2. The van der Waals surface area contributed by atoms with Crippen molar-refractivity contribution >= 4 is 17.4 Å². The van der Waals surface area contributed by atoms with E-state index in [4.69, 9.17) is 20.4 Å². The maximum atomic E-state index is 11.9. The quantitative estimate of drug-likeness (QED) is 0.702. The number of ether oxygens (including phenoxy) is 1. The average molecular weight is 409 g/mol. The van der Waals surface area contributed by atoms with Crippen molar-refractivity contribution in [2.45, 2.75) is 38.8 Å². The number of aromatic nitrogens is 2. The summed E-state index contributed by atoms with van der Waals surface area (Å²) in [7, 11) is 0. The van der Waals surface area contributed by atoms with Gasteiger partial charge in [0.1, 0.15) is 5.69 Å². The van der Waals surface area contributed by atoms with Crippen LogP contribution in [-0.2, 0) is 22.6 Å². The molecule has 1 aromatic carbocycles. The molecule has 8 heteroatoms. The fraction of sp³-hybridized carbons (Fsp3) is 0.500. The van der Waals surface area contributed by atoms with Crippen LogP contribution < -0.4 is 16.0 Å². The number of nitrogens with one attached hydrogen (secondary N) is 1. The summed E-state index contributed by atoms with van der Waals surface area (Å²) in [5.41, 5.74) is 11.0. The molecule has 30 heavy (non-hydrogen) atoms. The average Bonchev–Trinajstić information content (AvgIpc) is 3.30. The number of hydrogen-bond acceptors (Lipinski definition) is 7. The zero-order valence-electron chi connectivity index (χ0n) is 17.1. The zero-order valence-corrected chi connectivity index (χ0v) is 17.1. The first-order valence-electron chi connectivity index (χ1n) is 10.5. The second-order valence-corrected chi connectivity index (χ2v) is 8.62. The van der Waals surface area contributed by atoms with Crippen molar-refractivity contribution in [3.63, 3.8) is 0 Å². The van der Waals surface area contributed by atoms with Crippen molar-refractivity contribution in [2.24, 2.45) is 11.1 Å². The lowest BCUT2D eigenvalue weighted by atomic mass is 9.75. The number of para-hydroxylation sites is 1. The van der Waals surface area contributed by atoms with Crippen molar-refractivity contribution in [3.05, 3.63) is 35.2 Å². The van der Waals surface area contributed by atoms with Crippen molar-refractivity contribution in [1.82, 2.24) is 9.97 Å². The van der Waals surface area contributed by atoms with Crippen LogP contribution in [0.1, 0.15) is 29.8 Å². The number of piperidine rings is 1. The summed E-state index contributed by atoms with van der Waals surface area (Å²) in [5.74, 6) is 0.719. The molecule has 8 nitrogen and oxygen atoms in total. The van der Waals surface area contributed by atoms with Crippen LogP contribution in [0.15, 0.2) is 18.2 Å². The van der Waals surface area contributed by atoms with E-state index in [1.807, 2.05) is 25.1 Å². The molecule has 1 aromatic heterocycles. The van der Waals surface area contributed by atoms with Gasteiger partial charge in [-0.25, -0.2) is 9.97 Å². The minimum atomic E-state index is -0.193. The van der Waals surface area contributed by atoms with E-state index >= 15 is 0 Å². The second-order valence-electron chi connectivity index (χ2n) is 8.62. The first-order valence-corrected chi connectivity index (χ1v) is 10.5. The Labute approximate surface area is 175 Å². The number of nitrogens with two attached hydrogens (primary N) is 1. The van der Waals surface area contributed by atoms with E-state index in [1.165, 1.54) is 0 Å². The molecule has 2 aromatic rings. The van der Waals surface area contributed by atoms with Crippen LogP contribution in [0.2, 0.25) is 0 Å². The monoisotopic (exact) mass is 409 g/mol. The van der Waals surface area contributed by atoms with Crippen molar-refractivity contribution in [2.75, 3.05) is 36.5 Å². The molecule has 3 aliphatic rings. The molecule has 2 saturated heterocycles. The molecular weight excluding hydrogens is 382 g/mol. The van der Waals surface area contributed by atoms with E-state index in [9.17, 15) is 9.90 Å². The Kier molecular flexibility index (Phi) is 4.72. The van der Waals surface area contributed by atoms with E-state index in [0.717, 1.165) is 60.9 Å². The minimum Gasteiger partial charge on any atom is -0.390 e. The molecule has 158 valence electrons. The number of aliphatic hydroxyl groups is 1. The molecule has 1 atom stereocenters. The van der Waals surface area contributed by atoms with Gasteiger partial charge in [0.15, 0.2) is 5.82 Å². The minimum absolute atomic E-state index is 0.0154. The largest absolute Gasteiger partial charge is 0.390 e. The summed E-state index contributed by atoms with van der Waals surface area (Å²) >= 11 is 0. The molecule has 0 unspecified atom stereocenters. The standard InChI is InChI=1S/C22H27N5O3/c1-13-19(15-4-2-3-14-9-18(29)26-20(14)15)25-16(10-28)21(24-13)27-7-5-22(6-8-27)12-30-11-17(22)23/h2-4,17,28H,5-12,23H2,1H3,(H,26,29)/t17-/m1/s1. The molecule has 3 aliphatic heterocycles. The van der Waals surface area contributed by atoms with Gasteiger partial charge < -0.3 is 25.8 Å². The number of hydrogen-bond donors (Lipinski definition) is 3. The van der Waals surface area contributed by atoms with Crippen LogP contribution in [0.25, 0.3) is 11.3 Å². The van der Waals surface area contributed by atoms with Crippen LogP contribution >= 0.6 is 0 Å². The van der Waals surface area contributed by atoms with E-state index in [1.54, 1.807) is 0 Å². The number of anilines is 2. The van der Waals surface area contributed by atoms with Gasteiger partial charge in [0.05, 0.1) is 43.3 Å². The van der Waals surface area contributed by atoms with Gasteiger partial charge >= 0.3 is 0 Å². The summed E-state index contributed by atoms with van der Waals surface area (Å²) in [6.45, 7) is 4.72. The number of aryl methyl sites for hydroxylation is 1. The lowest BCUT2D eigenvalue weighted by molar-refractivity contribution is -0.115. The third-order valence-electron chi connectivity index (χ3n) is 6.82. The molecule has 1 spiro atoms. The number of carbonyl (C=O) groups excluding carboxylic acids is 1. The molecule has 4 N–H and O–H groups in total. The smallest absolute Gasteiger partial charge is 0.228 e. The van der Waals surface area contributed by atoms with Crippen LogP contribution in [-0.4, -0.2) is 53.3 Å². The molecule has 4 heterocycles. The van der Waals surface area contributed by atoms with Gasteiger partial charge in [0.25, 0.3) is 0 Å². The number of fused-ring (bicyclic) bond motifs is 1. The maximum absolute atomic E-state index is 11.9. The summed E-state index contributed by atoms with van der Waals surface area (Å²) in [6, 6.07) is 5.90. The summed E-state index contributed by atoms with van der Waals surface area (Å²) in [4.78, 5) is 23.7. The zero-order chi connectivity index (χ0) is 20.9. The highest BCUT2D eigenvalue weighted by molar-refractivity contribution is 6.03. The topological polar surface area (TPSA) is 114 Å². The lowest BCUT2D eigenvalue weighted by Crippen LogP contribution is -2.49. The highest BCUT2D eigenvalue weighted by Crippen LogP contribution is 2.40. The first-order chi connectivity index (χ1) is 14.5. The van der Waals surface area contributed by atoms with Gasteiger partial charge in [-0.15, -0.1) is 0 Å². The van der Waals surface area contributed by atoms with Crippen molar-refractivity contribution in [1.29, 1.82) is 0 Å². The first kappa shape index (κ1) is 19.4. The van der Waals surface area contributed by atoms with Crippen LogP contribution in [0, 0.1) is 12.3 Å². The molecule has 2 fully saturated rings. The molecule has 0 aliphatic carbocycles. The molecular formula is C22H27N5O3. The summed E-state index contributed by atoms with van der Waals surface area (Å²) in [6.07, 6.45) is 2.27. The third kappa shape index (κ3) is 3.07. The normalized spacial score (nSPS) is 22.4. The summed E-state index contributed by atoms with van der Waals surface area (Å²) < 4.78 is 5.62. The maximum Gasteiger partial charge on any atom is 0.228 e. The van der Waals surface area contributed by atoms with Crippen LogP contribution in [0.5, 0.6) is 0 Å². The Morgan fingerprint density at radius 2 is 2.13 bits per heavy atom. The number of amides is 1. The van der Waals surface area contributed by atoms with Gasteiger partial charge in [-0.2, -0.15) is 0 Å². The Balaban J connectivity index is 1.46. The Morgan fingerprint density at radius 1 is 1.33 bits per heavy atom. The van der Waals surface area contributed by atoms with Gasteiger partial charge in [0.2, 0.25) is 5.91 Å². The van der Waals surface area contributed by atoms with E-state index in [0.29, 0.717) is 24.4 Å². The van der Waals surface area contributed by atoms with Crippen molar-refractivity contribution in [3.8, 4) is 11.3 Å². The highest BCUT2D eigenvalue weighted by Gasteiger charge is 2.44. The Hall–Kier alpha value is -2.55. The third-order valence-corrected chi connectivity index (χ3v) is 6.82. The van der Waals surface area contributed by atoms with Crippen LogP contribution in [0.4, 0.5) is 11.5 Å². The second kappa shape index (κ2) is 7.30. The molecule has 0 bridgehead atoms. The molecule has 0 radical (unpaired) electrons. The fourth-order valence-corrected chi connectivity index (χ4v) is 4.96. The number of benzene rings is 1. The highest BCUT2D eigenvalue weighted by atomic mass is 16.5. The number of aliphatic hydroxyl groups excluding tert-OH is 1. The predicted octanol–water partition coefficient (Wildman–Crippen LogP) is 1.38. The summed E-state index contributed by atoms with van der Waals surface area (Å²) in [5, 5.41) is 13.0. The number of nitrogens with zero attached hydrogens (tertiary/aromatic N) is 3. The predicted molar refractivity (Wildman–Crippen MR) is 113 cm³/mol. The van der Waals surface area contributed by atoms with Gasteiger partial charge in [-0.05, 0) is 25.3 Å². The van der Waals surface area contributed by atoms with Gasteiger partial charge in [0, 0.05) is 30.1 Å². The van der Waals surface area contributed by atoms with Gasteiger partial charge in [-0.1, -0.05) is 18.2 Å². The fourth-order valence-electron chi connectivity index (χ4n) is 4.96. The molecule has 0 saturated carbocycles. The Morgan fingerprint density at radius 3 is 2.83 bits per heavy atom. The van der Waals surface area contributed by atoms with Gasteiger partial charge in [-0.3, -0.25) is 4.79 Å². The lowest BCUT2D eigenvalue weighted by Gasteiger charge is -2.41. The van der Waals surface area contributed by atoms with E-state index < -0.39 is 0 Å². The van der Waals surface area contributed by atoms with E-state index in [-0.39, 0.29) is 24.0 Å². The molecule has 5 rings (SSSR count). The molecule has 1 amide bonds. The van der Waals surface area contributed by atoms with Crippen molar-refractivity contribution < 1.29 is 14.6 Å². The van der Waals surface area contributed by atoms with E-state index in [2.05, 4.69) is 10.2 Å². The number of rotatable bonds is 3.